The zero-order valence-corrected chi connectivity index (χ0v) is 25.0. The van der Waals surface area contributed by atoms with E-state index >= 15 is 0 Å². The fourth-order valence-corrected chi connectivity index (χ4v) is 10.7. The highest BCUT2D eigenvalue weighted by Crippen LogP contribution is 2.62. The van der Waals surface area contributed by atoms with Crippen LogP contribution < -0.4 is 0 Å². The molecule has 0 aromatic heterocycles. The molecule has 37 heavy (non-hydrogen) atoms. The Morgan fingerprint density at radius 2 is 1.62 bits per heavy atom. The van der Waals surface area contributed by atoms with Gasteiger partial charge in [0.15, 0.2) is 0 Å². The van der Waals surface area contributed by atoms with Crippen LogP contribution in [-0.2, 0) is 11.0 Å². The third-order valence-corrected chi connectivity index (χ3v) is 13.3. The first-order chi connectivity index (χ1) is 17.7. The smallest absolute Gasteiger partial charge is 0.115 e. The summed E-state index contributed by atoms with van der Waals surface area (Å²) >= 11 is 0. The number of unbranched alkanes of at least 4 members (excludes halogenated alkanes) is 8. The average Bonchev–Trinajstić information content (AvgIpc) is 3.17. The molecule has 0 amide bonds. The lowest BCUT2D eigenvalue weighted by Crippen LogP contribution is -2.47. The van der Waals surface area contributed by atoms with Gasteiger partial charge in [-0.3, -0.25) is 0 Å². The lowest BCUT2D eigenvalue weighted by atomic mass is 9.52. The predicted molar refractivity (Wildman–Crippen MR) is 157 cm³/mol. The molecule has 3 aliphatic carbocycles. The van der Waals surface area contributed by atoms with Crippen LogP contribution in [0.4, 0.5) is 0 Å². The van der Waals surface area contributed by atoms with Crippen molar-refractivity contribution in [1.82, 2.24) is 0 Å². The van der Waals surface area contributed by atoms with Gasteiger partial charge < -0.3 is 14.8 Å². The Bertz CT molecular complexity index is 913. The van der Waals surface area contributed by atoms with Gasteiger partial charge in [0, 0.05) is 12.3 Å². The summed E-state index contributed by atoms with van der Waals surface area (Å²) in [5.74, 6) is 3.05. The fraction of sp³-hybridized carbons (Fsp3) is 0.818. The van der Waals surface area contributed by atoms with E-state index in [0.717, 1.165) is 50.8 Å². The number of fused-ring (bicyclic) bond motifs is 5. The maximum atomic E-state index is 12.6. The second kappa shape index (κ2) is 13.0. The molecule has 2 N–H and O–H groups in total. The van der Waals surface area contributed by atoms with E-state index in [1.807, 2.05) is 18.8 Å². The van der Waals surface area contributed by atoms with Crippen molar-refractivity contribution in [2.24, 2.45) is 23.2 Å². The maximum Gasteiger partial charge on any atom is 0.115 e. The Hall–Kier alpha value is -0.790. The van der Waals surface area contributed by atoms with E-state index in [2.05, 4.69) is 19.9 Å². The molecule has 2 saturated carbocycles. The highest BCUT2D eigenvalue weighted by atomic mass is 31.2. The Kier molecular flexibility index (Phi) is 10.3. The van der Waals surface area contributed by atoms with Gasteiger partial charge in [-0.05, 0) is 110 Å². The van der Waals surface area contributed by atoms with Crippen molar-refractivity contribution in [2.45, 2.75) is 129 Å². The minimum absolute atomic E-state index is 0.107. The van der Waals surface area contributed by atoms with Gasteiger partial charge >= 0.3 is 0 Å². The molecule has 0 radical (unpaired) electrons. The normalized spacial score (nSPS) is 32.4. The second-order valence-electron chi connectivity index (χ2n) is 13.5. The highest BCUT2D eigenvalue weighted by molar-refractivity contribution is 7.63. The first kappa shape index (κ1) is 29.2. The van der Waals surface area contributed by atoms with Gasteiger partial charge in [0.2, 0.25) is 0 Å². The molecular formula is C33H55O3P. The second-order valence-corrected chi connectivity index (χ2v) is 17.0. The van der Waals surface area contributed by atoms with Gasteiger partial charge in [-0.1, -0.05) is 71.3 Å². The maximum absolute atomic E-state index is 12.6. The molecule has 210 valence electrons. The molecule has 0 saturated heterocycles. The molecule has 3 nitrogen and oxygen atoms in total. The number of benzene rings is 1. The number of hydrogen-bond donors (Lipinski definition) is 2. The summed E-state index contributed by atoms with van der Waals surface area (Å²) in [4.78, 5) is 0. The van der Waals surface area contributed by atoms with Crippen LogP contribution in [0.15, 0.2) is 18.2 Å². The Balaban J connectivity index is 1.22. The van der Waals surface area contributed by atoms with E-state index in [1.54, 1.807) is 0 Å². The Morgan fingerprint density at radius 1 is 0.946 bits per heavy atom. The van der Waals surface area contributed by atoms with Crippen molar-refractivity contribution in [3.63, 3.8) is 0 Å². The molecule has 1 aromatic carbocycles. The number of aliphatic hydroxyl groups is 1. The third kappa shape index (κ3) is 7.05. The summed E-state index contributed by atoms with van der Waals surface area (Å²) in [5.41, 5.74) is 2.99. The van der Waals surface area contributed by atoms with Crippen molar-refractivity contribution in [1.29, 1.82) is 0 Å². The van der Waals surface area contributed by atoms with Gasteiger partial charge in [0.1, 0.15) is 5.75 Å². The molecule has 4 rings (SSSR count). The van der Waals surface area contributed by atoms with Gasteiger partial charge in [-0.2, -0.15) is 0 Å². The minimum atomic E-state index is -1.87. The summed E-state index contributed by atoms with van der Waals surface area (Å²) in [6.45, 7) is 6.57. The van der Waals surface area contributed by atoms with Crippen molar-refractivity contribution < 1.29 is 14.8 Å². The number of phenols is 1. The van der Waals surface area contributed by atoms with Crippen LogP contribution in [0.25, 0.3) is 0 Å². The lowest BCUT2D eigenvalue weighted by molar-refractivity contribution is -0.0396. The molecule has 0 aliphatic heterocycles. The van der Waals surface area contributed by atoms with Crippen LogP contribution in [0.1, 0.15) is 127 Å². The Labute approximate surface area is 227 Å². The topological polar surface area (TPSA) is 57.5 Å². The van der Waals surface area contributed by atoms with Crippen molar-refractivity contribution >= 4 is 7.14 Å². The number of phenolic OH excluding ortho intramolecular Hbond substituents is 1. The summed E-state index contributed by atoms with van der Waals surface area (Å²) in [5, 5.41) is 21.0. The summed E-state index contributed by atoms with van der Waals surface area (Å²) in [6, 6.07) is 6.13. The summed E-state index contributed by atoms with van der Waals surface area (Å²) < 4.78 is 12.6. The third-order valence-electron chi connectivity index (χ3n) is 10.8. The van der Waals surface area contributed by atoms with Gasteiger partial charge in [0.25, 0.3) is 0 Å². The van der Waals surface area contributed by atoms with Gasteiger partial charge in [-0.15, -0.1) is 0 Å². The monoisotopic (exact) mass is 530 g/mol. The molecule has 0 heterocycles. The largest absolute Gasteiger partial charge is 0.508 e. The molecule has 7 atom stereocenters. The molecule has 0 bridgehead atoms. The van der Waals surface area contributed by atoms with Crippen LogP contribution in [0.5, 0.6) is 5.75 Å². The van der Waals surface area contributed by atoms with Gasteiger partial charge in [0.05, 0.1) is 13.2 Å². The molecule has 3 aliphatic rings. The quantitative estimate of drug-likeness (QED) is 0.186. The molecule has 1 unspecified atom stereocenters. The van der Waals surface area contributed by atoms with E-state index in [1.165, 1.54) is 75.3 Å². The average molecular weight is 531 g/mol. The van der Waals surface area contributed by atoms with E-state index in [4.69, 9.17) is 0 Å². The molecule has 4 heteroatoms. The number of rotatable bonds is 14. The molecule has 0 spiro atoms. The van der Waals surface area contributed by atoms with Crippen LogP contribution in [0.3, 0.4) is 0 Å². The van der Waals surface area contributed by atoms with E-state index in [-0.39, 0.29) is 11.5 Å². The van der Waals surface area contributed by atoms with Crippen LogP contribution >= 0.6 is 7.14 Å². The lowest BCUT2D eigenvalue weighted by Gasteiger charge is -2.53. The van der Waals surface area contributed by atoms with Crippen LogP contribution in [0, 0.1) is 23.2 Å². The summed E-state index contributed by atoms with van der Waals surface area (Å²) in [6.07, 6.45) is 21.3. The minimum Gasteiger partial charge on any atom is -0.508 e. The van der Waals surface area contributed by atoms with Crippen LogP contribution in [0.2, 0.25) is 0 Å². The number of hydrogen-bond acceptors (Lipinski definition) is 3. The molecule has 2 fully saturated rings. The van der Waals surface area contributed by atoms with Crippen molar-refractivity contribution in [3.05, 3.63) is 29.3 Å². The van der Waals surface area contributed by atoms with Crippen molar-refractivity contribution in [3.8, 4) is 5.75 Å². The standard InChI is InChI=1S/C33H55O3P/c1-4-5-21-37(3,36)22-13-11-9-7-6-8-10-12-14-25-23-26-24-27(34)15-16-28(26)29-19-20-33(2)30(32(25)29)17-18-31(33)35/h15-16,24-25,29-32,34-35H,4-14,17-23H2,1-3H3/t25-,29-,30+,31+,32-,33+,37?/m1/s1. The highest BCUT2D eigenvalue weighted by Gasteiger charge is 2.56. The first-order valence-corrected chi connectivity index (χ1v) is 18.3. The Morgan fingerprint density at radius 3 is 2.35 bits per heavy atom. The number of aromatic hydroxyl groups is 1. The zero-order valence-electron chi connectivity index (χ0n) is 24.1. The predicted octanol–water partition coefficient (Wildman–Crippen LogP) is 9.14. The first-order valence-electron chi connectivity index (χ1n) is 15.8. The number of aliphatic hydroxyl groups excluding tert-OH is 1. The van der Waals surface area contributed by atoms with E-state index in [0.29, 0.717) is 29.4 Å². The molecule has 1 aromatic rings. The molecular weight excluding hydrogens is 475 g/mol. The van der Waals surface area contributed by atoms with Gasteiger partial charge in [-0.25, -0.2) is 0 Å². The van der Waals surface area contributed by atoms with E-state index in [9.17, 15) is 14.8 Å². The van der Waals surface area contributed by atoms with E-state index < -0.39 is 7.14 Å². The zero-order chi connectivity index (χ0) is 26.5. The SMILES string of the molecule is CCCCP(C)(=O)CCCCCCCCCC[C@@H]1Cc2cc(O)ccc2[C@H]2CC[C@]3(C)[C@@H](O)CC[C@H]3[C@H]12. The fourth-order valence-electron chi connectivity index (χ4n) is 8.55. The van der Waals surface area contributed by atoms with Crippen molar-refractivity contribution in [2.75, 3.05) is 19.0 Å². The summed E-state index contributed by atoms with van der Waals surface area (Å²) in [7, 11) is -1.87. The van der Waals surface area contributed by atoms with Crippen LogP contribution in [-0.4, -0.2) is 35.3 Å².